The number of rotatable bonds is 5. The number of carbonyl (C=O) groups excluding carboxylic acids is 1. The average Bonchev–Trinajstić information content (AvgIpc) is 2.99. The zero-order valence-corrected chi connectivity index (χ0v) is 13.4. The summed E-state index contributed by atoms with van der Waals surface area (Å²) in [5, 5.41) is 6.91. The molecule has 0 saturated carbocycles. The summed E-state index contributed by atoms with van der Waals surface area (Å²) in [6, 6.07) is 19.1. The first-order valence-electron chi connectivity index (χ1n) is 7.10. The molecule has 0 fully saturated rings. The van der Waals surface area contributed by atoms with E-state index in [0.717, 1.165) is 10.6 Å². The molecule has 23 heavy (non-hydrogen) atoms. The van der Waals surface area contributed by atoms with Gasteiger partial charge >= 0.3 is 0 Å². The van der Waals surface area contributed by atoms with E-state index in [2.05, 4.69) is 15.1 Å². The van der Waals surface area contributed by atoms with Gasteiger partial charge in [-0.1, -0.05) is 24.3 Å². The normalized spacial score (nSPS) is 10.3. The van der Waals surface area contributed by atoms with Crippen molar-refractivity contribution in [2.24, 2.45) is 7.05 Å². The molecular weight excluding hydrogens is 308 g/mol. The molecule has 1 amide bonds. The van der Waals surface area contributed by atoms with Crippen molar-refractivity contribution >= 4 is 29.4 Å². The quantitative estimate of drug-likeness (QED) is 0.701. The lowest BCUT2D eigenvalue weighted by Crippen LogP contribution is -2.12. The Kier molecular flexibility index (Phi) is 4.63. The number of hydrogen-bond donors (Lipinski definition) is 2. The van der Waals surface area contributed by atoms with Crippen molar-refractivity contribution < 1.29 is 4.79 Å². The molecule has 0 aliphatic carbocycles. The van der Waals surface area contributed by atoms with Crippen LogP contribution in [0.3, 0.4) is 0 Å². The molecular formula is C17H16N4OS. The topological polar surface area (TPSA) is 59.0 Å². The number of amides is 1. The molecule has 1 heterocycles. The Balaban J connectivity index is 1.65. The van der Waals surface area contributed by atoms with Crippen LogP contribution in [0.25, 0.3) is 0 Å². The molecule has 0 saturated heterocycles. The van der Waals surface area contributed by atoms with E-state index >= 15 is 0 Å². The third-order valence-corrected chi connectivity index (χ3v) is 3.96. The number of benzene rings is 2. The Morgan fingerprint density at radius 3 is 2.65 bits per heavy atom. The van der Waals surface area contributed by atoms with Crippen molar-refractivity contribution in [3.8, 4) is 0 Å². The summed E-state index contributed by atoms with van der Waals surface area (Å²) in [5.41, 5.74) is 1.45. The molecule has 2 N–H and O–H groups in total. The second-order valence-corrected chi connectivity index (χ2v) is 5.81. The first kappa shape index (κ1) is 15.2. The Bertz CT molecular complexity index is 801. The number of nitrogens with zero attached hydrogens (tertiary/aromatic N) is 2. The highest BCUT2D eigenvalue weighted by Crippen LogP contribution is 2.21. The summed E-state index contributed by atoms with van der Waals surface area (Å²) < 4.78 is 4.88. The molecule has 6 heteroatoms. The van der Waals surface area contributed by atoms with Gasteiger partial charge in [0.1, 0.15) is 0 Å². The highest BCUT2D eigenvalue weighted by molar-refractivity contribution is 8.00. The van der Waals surface area contributed by atoms with Gasteiger partial charge in [-0.3, -0.25) is 9.48 Å². The van der Waals surface area contributed by atoms with Crippen LogP contribution in [0.2, 0.25) is 0 Å². The van der Waals surface area contributed by atoms with Gasteiger partial charge in [-0.05, 0) is 42.3 Å². The third kappa shape index (κ3) is 4.14. The average molecular weight is 324 g/mol. The largest absolute Gasteiger partial charge is 0.326 e. The molecule has 0 atom stereocenters. The Morgan fingerprint density at radius 2 is 1.91 bits per heavy atom. The van der Waals surface area contributed by atoms with Crippen molar-refractivity contribution in [3.63, 3.8) is 0 Å². The maximum Gasteiger partial charge on any atom is 0.256 e. The number of aromatic nitrogens is 2. The van der Waals surface area contributed by atoms with Crippen LogP contribution in [0.4, 0.5) is 11.5 Å². The molecule has 0 bridgehead atoms. The molecule has 0 aliphatic rings. The van der Waals surface area contributed by atoms with Gasteiger partial charge in [0, 0.05) is 35.5 Å². The SMILES string of the molecule is Cn1ccc(NC(=O)c2cccc(NSc3ccccc3)c2)n1. The van der Waals surface area contributed by atoms with Gasteiger partial charge in [0.15, 0.2) is 5.82 Å². The molecule has 1 aromatic heterocycles. The van der Waals surface area contributed by atoms with Crippen LogP contribution in [-0.2, 0) is 7.05 Å². The van der Waals surface area contributed by atoms with Crippen LogP contribution in [0.5, 0.6) is 0 Å². The Morgan fingerprint density at radius 1 is 1.09 bits per heavy atom. The highest BCUT2D eigenvalue weighted by atomic mass is 32.2. The minimum absolute atomic E-state index is 0.183. The summed E-state index contributed by atoms with van der Waals surface area (Å²) >= 11 is 1.50. The predicted molar refractivity (Wildman–Crippen MR) is 93.5 cm³/mol. The Hall–Kier alpha value is -2.73. The molecule has 3 rings (SSSR count). The van der Waals surface area contributed by atoms with E-state index in [4.69, 9.17) is 0 Å². The van der Waals surface area contributed by atoms with Gasteiger partial charge in [-0.15, -0.1) is 0 Å². The maximum atomic E-state index is 12.3. The second kappa shape index (κ2) is 7.02. The smallest absolute Gasteiger partial charge is 0.256 e. The lowest BCUT2D eigenvalue weighted by atomic mass is 10.2. The molecule has 0 spiro atoms. The van der Waals surface area contributed by atoms with Gasteiger partial charge in [-0.25, -0.2) is 0 Å². The van der Waals surface area contributed by atoms with E-state index in [9.17, 15) is 4.79 Å². The van der Waals surface area contributed by atoms with Crippen LogP contribution in [0, 0.1) is 0 Å². The fourth-order valence-corrected chi connectivity index (χ4v) is 2.66. The fourth-order valence-electron chi connectivity index (χ4n) is 2.00. The van der Waals surface area contributed by atoms with Gasteiger partial charge in [0.2, 0.25) is 0 Å². The predicted octanol–water partition coefficient (Wildman–Crippen LogP) is 3.79. The monoisotopic (exact) mass is 324 g/mol. The third-order valence-electron chi connectivity index (χ3n) is 3.11. The van der Waals surface area contributed by atoms with Crippen LogP contribution in [0.1, 0.15) is 10.4 Å². The van der Waals surface area contributed by atoms with Crippen LogP contribution >= 0.6 is 11.9 Å². The first-order chi connectivity index (χ1) is 11.2. The van der Waals surface area contributed by atoms with Crippen LogP contribution < -0.4 is 10.0 Å². The summed E-state index contributed by atoms with van der Waals surface area (Å²) in [7, 11) is 1.81. The van der Waals surface area contributed by atoms with Gasteiger partial charge in [-0.2, -0.15) is 5.10 Å². The van der Waals surface area contributed by atoms with Crippen LogP contribution in [-0.4, -0.2) is 15.7 Å². The zero-order chi connectivity index (χ0) is 16.1. The van der Waals surface area contributed by atoms with Gasteiger partial charge < -0.3 is 10.0 Å². The maximum absolute atomic E-state index is 12.3. The van der Waals surface area contributed by atoms with E-state index in [0.29, 0.717) is 11.4 Å². The lowest BCUT2D eigenvalue weighted by Gasteiger charge is -2.07. The second-order valence-electron chi connectivity index (χ2n) is 4.93. The van der Waals surface area contributed by atoms with E-state index < -0.39 is 0 Å². The summed E-state index contributed by atoms with van der Waals surface area (Å²) in [6.45, 7) is 0. The molecule has 3 aromatic rings. The molecule has 0 radical (unpaired) electrons. The molecule has 5 nitrogen and oxygen atoms in total. The van der Waals surface area contributed by atoms with E-state index in [1.165, 1.54) is 11.9 Å². The van der Waals surface area contributed by atoms with Crippen molar-refractivity contribution in [1.82, 2.24) is 9.78 Å². The number of hydrogen-bond acceptors (Lipinski definition) is 4. The highest BCUT2D eigenvalue weighted by Gasteiger charge is 2.08. The summed E-state index contributed by atoms with van der Waals surface area (Å²) in [5.74, 6) is 0.353. The van der Waals surface area contributed by atoms with Crippen molar-refractivity contribution in [2.75, 3.05) is 10.0 Å². The number of aryl methyl sites for hydroxylation is 1. The number of anilines is 2. The minimum atomic E-state index is -0.183. The molecule has 0 aliphatic heterocycles. The zero-order valence-electron chi connectivity index (χ0n) is 12.6. The van der Waals surface area contributed by atoms with E-state index in [-0.39, 0.29) is 5.91 Å². The van der Waals surface area contributed by atoms with Crippen molar-refractivity contribution in [2.45, 2.75) is 4.90 Å². The van der Waals surface area contributed by atoms with E-state index in [1.807, 2.05) is 48.5 Å². The summed E-state index contributed by atoms with van der Waals surface area (Å²) in [4.78, 5) is 13.4. The number of carbonyl (C=O) groups is 1. The minimum Gasteiger partial charge on any atom is -0.326 e. The molecule has 116 valence electrons. The molecule has 2 aromatic carbocycles. The first-order valence-corrected chi connectivity index (χ1v) is 7.91. The van der Waals surface area contributed by atoms with Gasteiger partial charge in [0.25, 0.3) is 5.91 Å². The van der Waals surface area contributed by atoms with Gasteiger partial charge in [0.05, 0.1) is 0 Å². The Labute approximate surface area is 138 Å². The van der Waals surface area contributed by atoms with E-state index in [1.54, 1.807) is 30.1 Å². The van der Waals surface area contributed by atoms with Crippen LogP contribution in [0.15, 0.2) is 71.8 Å². The molecule has 0 unspecified atom stereocenters. The van der Waals surface area contributed by atoms with Crippen molar-refractivity contribution in [1.29, 1.82) is 0 Å². The standard InChI is InChI=1S/C17H16N4OS/c1-21-11-10-16(19-21)18-17(22)13-6-5-7-14(12-13)20-23-15-8-3-2-4-9-15/h2-12,20H,1H3,(H,18,19,22). The van der Waals surface area contributed by atoms with Crippen molar-refractivity contribution in [3.05, 3.63) is 72.4 Å². The summed E-state index contributed by atoms with van der Waals surface area (Å²) in [6.07, 6.45) is 1.78. The lowest BCUT2D eigenvalue weighted by molar-refractivity contribution is 0.102. The fraction of sp³-hybridized carbons (Fsp3) is 0.0588. The number of nitrogens with one attached hydrogen (secondary N) is 2.